The maximum Gasteiger partial charge on any atom is 0.269 e. The smallest absolute Gasteiger partial charge is 0.269 e. The number of benzene rings is 2. The van der Waals surface area contributed by atoms with E-state index in [1.54, 1.807) is 31.2 Å². The van der Waals surface area contributed by atoms with E-state index in [2.05, 4.69) is 6.07 Å². The zero-order chi connectivity index (χ0) is 21.6. The number of hydrogen-bond acceptors (Lipinski definition) is 5. The van der Waals surface area contributed by atoms with Crippen molar-refractivity contribution in [1.82, 2.24) is 0 Å². The van der Waals surface area contributed by atoms with E-state index in [-0.39, 0.29) is 41.9 Å². The van der Waals surface area contributed by atoms with Crippen molar-refractivity contribution in [1.29, 1.82) is 5.26 Å². The molecule has 0 radical (unpaired) electrons. The second kappa shape index (κ2) is 9.74. The number of nitriles is 1. The highest BCUT2D eigenvalue weighted by atomic mass is 16.6. The highest BCUT2D eigenvalue weighted by Gasteiger charge is 2.17. The maximum atomic E-state index is 12.6. The Morgan fingerprint density at radius 2 is 1.66 bits per heavy atom. The van der Waals surface area contributed by atoms with E-state index >= 15 is 0 Å². The van der Waals surface area contributed by atoms with E-state index in [0.29, 0.717) is 17.5 Å². The summed E-state index contributed by atoms with van der Waals surface area (Å²) in [5, 5.41) is 20.2. The Morgan fingerprint density at radius 1 is 1.00 bits per heavy atom. The lowest BCUT2D eigenvalue weighted by molar-refractivity contribution is -0.384. The van der Waals surface area contributed by atoms with Gasteiger partial charge >= 0.3 is 0 Å². The summed E-state index contributed by atoms with van der Waals surface area (Å²) in [7, 11) is 0. The van der Waals surface area contributed by atoms with Crippen molar-refractivity contribution in [3.05, 3.63) is 74.8 Å². The van der Waals surface area contributed by atoms with Crippen LogP contribution in [-0.4, -0.2) is 16.5 Å². The van der Waals surface area contributed by atoms with Gasteiger partial charge in [-0.05, 0) is 35.2 Å². The van der Waals surface area contributed by atoms with Gasteiger partial charge in [0, 0.05) is 36.8 Å². The molecule has 0 saturated carbocycles. The third-order valence-corrected chi connectivity index (χ3v) is 4.80. The van der Waals surface area contributed by atoms with E-state index in [9.17, 15) is 25.0 Å². The summed E-state index contributed by atoms with van der Waals surface area (Å²) < 4.78 is 0. The molecule has 0 saturated heterocycles. The molecule has 1 atom stereocenters. The number of hydrogen-bond donors (Lipinski definition) is 0. The highest BCUT2D eigenvalue weighted by molar-refractivity contribution is 5.84. The topological polar surface area (TPSA) is 101 Å². The molecule has 0 heterocycles. The van der Waals surface area contributed by atoms with Gasteiger partial charge < -0.3 is 0 Å². The van der Waals surface area contributed by atoms with Gasteiger partial charge in [0.25, 0.3) is 5.69 Å². The molecule has 1 unspecified atom stereocenters. The third-order valence-electron chi connectivity index (χ3n) is 4.80. The Balaban J connectivity index is 2.12. The number of nitro groups is 1. The van der Waals surface area contributed by atoms with Crippen LogP contribution in [0.5, 0.6) is 0 Å². The molecular weight excluding hydrogens is 368 g/mol. The molecule has 6 nitrogen and oxygen atoms in total. The van der Waals surface area contributed by atoms with Crippen LogP contribution < -0.4 is 0 Å². The number of ketones is 2. The molecule has 0 aliphatic carbocycles. The molecule has 0 aliphatic heterocycles. The first-order valence-electron chi connectivity index (χ1n) is 9.51. The van der Waals surface area contributed by atoms with Gasteiger partial charge in [0.1, 0.15) is 11.6 Å². The molecule has 0 aliphatic rings. The van der Waals surface area contributed by atoms with Crippen LogP contribution in [0.3, 0.4) is 0 Å². The zero-order valence-corrected chi connectivity index (χ0v) is 16.8. The molecule has 2 rings (SSSR count). The fourth-order valence-electron chi connectivity index (χ4n) is 3.08. The summed E-state index contributed by atoms with van der Waals surface area (Å²) in [5.41, 5.74) is 2.63. The molecule has 29 heavy (non-hydrogen) atoms. The van der Waals surface area contributed by atoms with E-state index < -0.39 is 4.92 Å². The van der Waals surface area contributed by atoms with Gasteiger partial charge in [-0.2, -0.15) is 5.26 Å². The highest BCUT2D eigenvalue weighted by Crippen LogP contribution is 2.19. The Hall–Kier alpha value is -3.33. The number of non-ortho nitro benzene ring substituents is 1. The van der Waals surface area contributed by atoms with Gasteiger partial charge in [0.15, 0.2) is 0 Å². The maximum absolute atomic E-state index is 12.6. The monoisotopic (exact) mass is 392 g/mol. The molecule has 0 bridgehead atoms. The summed E-state index contributed by atoms with van der Waals surface area (Å²) in [6.07, 6.45) is 0.807. The van der Waals surface area contributed by atoms with Crippen LogP contribution in [0.4, 0.5) is 5.69 Å². The zero-order valence-electron chi connectivity index (χ0n) is 16.8. The van der Waals surface area contributed by atoms with Crippen molar-refractivity contribution in [2.45, 2.75) is 40.0 Å². The minimum atomic E-state index is -0.481. The van der Waals surface area contributed by atoms with Crippen molar-refractivity contribution in [2.75, 3.05) is 0 Å². The lowest BCUT2D eigenvalue weighted by Crippen LogP contribution is -2.17. The lowest BCUT2D eigenvalue weighted by atomic mass is 9.90. The third kappa shape index (κ3) is 6.35. The van der Waals surface area contributed by atoms with E-state index in [4.69, 9.17) is 0 Å². The van der Waals surface area contributed by atoms with E-state index in [0.717, 1.165) is 11.1 Å². The average molecular weight is 392 g/mol. The van der Waals surface area contributed by atoms with Crippen LogP contribution in [0.2, 0.25) is 0 Å². The average Bonchev–Trinajstić information content (AvgIpc) is 2.67. The van der Waals surface area contributed by atoms with Gasteiger partial charge in [0.2, 0.25) is 0 Å². The largest absolute Gasteiger partial charge is 0.299 e. The normalized spacial score (nSPS) is 11.7. The van der Waals surface area contributed by atoms with Crippen molar-refractivity contribution in [3.8, 4) is 6.07 Å². The predicted molar refractivity (Wildman–Crippen MR) is 109 cm³/mol. The standard InChI is InChI=1S/C23H24N2O4/c1-15(2)22(26)13-19-8-18(9-20(10-19)14-24)7-16(3)23(27)12-17-5-4-6-21(11-17)25(28)29/h4-6,8-11,15-16H,7,12-13H2,1-3H3. The quantitative estimate of drug-likeness (QED) is 0.469. The number of carbonyl (C=O) groups is 2. The number of Topliss-reactive ketones (excluding diaryl/α,β-unsaturated/α-hetero) is 2. The van der Waals surface area contributed by atoms with Gasteiger partial charge in [-0.3, -0.25) is 19.7 Å². The molecule has 0 amide bonds. The fourth-order valence-corrected chi connectivity index (χ4v) is 3.08. The Labute approximate surface area is 170 Å². The first kappa shape index (κ1) is 22.0. The van der Waals surface area contributed by atoms with Crippen LogP contribution in [-0.2, 0) is 28.9 Å². The molecule has 0 aromatic heterocycles. The number of rotatable bonds is 9. The fraction of sp³-hybridized carbons (Fsp3) is 0.348. The summed E-state index contributed by atoms with van der Waals surface area (Å²) in [4.78, 5) is 35.1. The first-order valence-corrected chi connectivity index (χ1v) is 9.51. The molecule has 6 heteroatoms. The Bertz CT molecular complexity index is 973. The Morgan fingerprint density at radius 3 is 2.28 bits per heavy atom. The van der Waals surface area contributed by atoms with E-state index in [1.165, 1.54) is 12.1 Å². The number of nitro benzene ring substituents is 1. The van der Waals surface area contributed by atoms with E-state index in [1.807, 2.05) is 19.9 Å². The molecule has 2 aromatic carbocycles. The second-order valence-corrected chi connectivity index (χ2v) is 7.62. The molecule has 150 valence electrons. The van der Waals surface area contributed by atoms with Crippen molar-refractivity contribution >= 4 is 17.3 Å². The van der Waals surface area contributed by atoms with Gasteiger partial charge in [0.05, 0.1) is 16.6 Å². The minimum absolute atomic E-state index is 0.0346. The molecule has 0 N–H and O–H groups in total. The van der Waals surface area contributed by atoms with Gasteiger partial charge in [-0.15, -0.1) is 0 Å². The minimum Gasteiger partial charge on any atom is -0.299 e. The van der Waals surface area contributed by atoms with Crippen LogP contribution in [0.1, 0.15) is 43.0 Å². The van der Waals surface area contributed by atoms with Crippen LogP contribution in [0.25, 0.3) is 0 Å². The molecule has 0 fully saturated rings. The number of carbonyl (C=O) groups excluding carboxylic acids is 2. The van der Waals surface area contributed by atoms with Gasteiger partial charge in [-0.1, -0.05) is 39.0 Å². The SMILES string of the molecule is CC(C)C(=O)Cc1cc(C#N)cc(CC(C)C(=O)Cc2cccc([N+](=O)[O-])c2)c1. The van der Waals surface area contributed by atoms with Crippen LogP contribution >= 0.6 is 0 Å². The Kier molecular flexibility index (Phi) is 7.38. The molecule has 0 spiro atoms. The molecular formula is C23H24N2O4. The van der Waals surface area contributed by atoms with Crippen molar-refractivity contribution in [3.63, 3.8) is 0 Å². The van der Waals surface area contributed by atoms with Gasteiger partial charge in [-0.25, -0.2) is 0 Å². The number of nitrogens with zero attached hydrogens (tertiary/aromatic N) is 2. The van der Waals surface area contributed by atoms with Crippen molar-refractivity contribution in [2.24, 2.45) is 11.8 Å². The molecule has 2 aromatic rings. The predicted octanol–water partition coefficient (Wildman–Crippen LogP) is 4.22. The first-order chi connectivity index (χ1) is 13.7. The lowest BCUT2D eigenvalue weighted by Gasteiger charge is -2.13. The van der Waals surface area contributed by atoms with Crippen LogP contribution in [0.15, 0.2) is 42.5 Å². The summed E-state index contributed by atoms with van der Waals surface area (Å²) in [6, 6.07) is 13.5. The second-order valence-electron chi connectivity index (χ2n) is 7.62. The summed E-state index contributed by atoms with van der Waals surface area (Å²) in [6.45, 7) is 5.48. The summed E-state index contributed by atoms with van der Waals surface area (Å²) in [5.74, 6) is -0.343. The van der Waals surface area contributed by atoms with Crippen LogP contribution in [0, 0.1) is 33.3 Å². The van der Waals surface area contributed by atoms with Crippen molar-refractivity contribution < 1.29 is 14.5 Å². The summed E-state index contributed by atoms with van der Waals surface area (Å²) >= 11 is 0.